The van der Waals surface area contributed by atoms with Crippen LogP contribution < -0.4 is 5.32 Å². The molecule has 0 aliphatic rings. The van der Waals surface area contributed by atoms with E-state index in [1.807, 2.05) is 13.8 Å². The average molecular weight is 318 g/mol. The van der Waals surface area contributed by atoms with Crippen LogP contribution in [-0.4, -0.2) is 36.3 Å². The van der Waals surface area contributed by atoms with E-state index in [1.165, 1.54) is 11.8 Å². The molecule has 0 saturated carbocycles. The predicted molar refractivity (Wildman–Crippen MR) is 83.1 cm³/mol. The van der Waals surface area contributed by atoms with E-state index in [2.05, 4.69) is 26.5 Å². The van der Waals surface area contributed by atoms with Gasteiger partial charge in [-0.05, 0) is 25.8 Å². The molecule has 0 bridgehead atoms. The number of nitrogens with one attached hydrogen (secondary N) is 1. The fourth-order valence-corrected chi connectivity index (χ4v) is 2.39. The Bertz CT molecular complexity index is 688. The van der Waals surface area contributed by atoms with E-state index < -0.39 is 10.8 Å². The second-order valence-electron chi connectivity index (χ2n) is 5.48. The van der Waals surface area contributed by atoms with Gasteiger partial charge >= 0.3 is 0 Å². The van der Waals surface area contributed by atoms with Crippen LogP contribution in [0, 0.1) is 17.2 Å². The molecule has 0 aliphatic carbocycles. The first-order valence-corrected chi connectivity index (χ1v) is 7.81. The zero-order chi connectivity index (χ0) is 16.3. The lowest BCUT2D eigenvalue weighted by Gasteiger charge is -2.28. The van der Waals surface area contributed by atoms with Gasteiger partial charge in [-0.2, -0.15) is 10.2 Å². The monoisotopic (exact) mass is 318 g/mol. The molecule has 0 saturated heterocycles. The van der Waals surface area contributed by atoms with Gasteiger partial charge < -0.3 is 5.32 Å². The maximum Gasteiger partial charge on any atom is 0.253 e. The van der Waals surface area contributed by atoms with Crippen molar-refractivity contribution in [2.75, 3.05) is 0 Å². The van der Waals surface area contributed by atoms with Crippen molar-refractivity contribution in [3.05, 3.63) is 18.5 Å². The van der Waals surface area contributed by atoms with Crippen molar-refractivity contribution in [1.29, 1.82) is 5.26 Å². The van der Waals surface area contributed by atoms with Crippen LogP contribution in [-0.2, 0) is 4.79 Å². The highest BCUT2D eigenvalue weighted by Gasteiger charge is 2.32. The summed E-state index contributed by atoms with van der Waals surface area (Å²) in [5, 5.41) is 16.4. The van der Waals surface area contributed by atoms with Crippen LogP contribution in [0.1, 0.15) is 27.7 Å². The summed E-state index contributed by atoms with van der Waals surface area (Å²) >= 11 is 1.24. The molecule has 7 nitrogen and oxygen atoms in total. The first kappa shape index (κ1) is 16.2. The Balaban J connectivity index is 2.07. The molecule has 0 aromatic carbocycles. The lowest BCUT2D eigenvalue weighted by atomic mass is 9.90. The smallest absolute Gasteiger partial charge is 0.253 e. The van der Waals surface area contributed by atoms with Gasteiger partial charge in [0.25, 0.3) is 5.78 Å². The third-order valence-electron chi connectivity index (χ3n) is 3.52. The topological polar surface area (TPSA) is 96.0 Å². The van der Waals surface area contributed by atoms with Gasteiger partial charge in [-0.15, -0.1) is 5.10 Å². The van der Waals surface area contributed by atoms with E-state index in [0.717, 1.165) is 0 Å². The quantitative estimate of drug-likeness (QED) is 0.842. The second-order valence-corrected chi connectivity index (χ2v) is 6.78. The second kappa shape index (κ2) is 6.32. The highest BCUT2D eigenvalue weighted by atomic mass is 32.2. The molecule has 0 radical (unpaired) electrons. The van der Waals surface area contributed by atoms with Crippen LogP contribution in [0.2, 0.25) is 0 Å². The fraction of sp³-hybridized carbons (Fsp3) is 0.500. The third-order valence-corrected chi connectivity index (χ3v) is 4.47. The number of carbonyl (C=O) groups excluding carboxylic acids is 1. The molecule has 0 fully saturated rings. The molecule has 0 spiro atoms. The Morgan fingerprint density at radius 2 is 2.23 bits per heavy atom. The Kier molecular flexibility index (Phi) is 4.66. The number of hydrogen-bond donors (Lipinski definition) is 1. The van der Waals surface area contributed by atoms with Crippen LogP contribution >= 0.6 is 11.8 Å². The largest absolute Gasteiger partial charge is 0.337 e. The van der Waals surface area contributed by atoms with E-state index in [1.54, 1.807) is 36.8 Å². The van der Waals surface area contributed by atoms with E-state index in [0.29, 0.717) is 10.9 Å². The molecule has 116 valence electrons. The summed E-state index contributed by atoms with van der Waals surface area (Å²) in [5.41, 5.74) is -0.889. The van der Waals surface area contributed by atoms with Gasteiger partial charge in [-0.25, -0.2) is 9.50 Å². The molecular formula is C14H18N6OS. The molecule has 2 heterocycles. The van der Waals surface area contributed by atoms with Gasteiger partial charge in [0.15, 0.2) is 0 Å². The minimum atomic E-state index is -0.889. The van der Waals surface area contributed by atoms with E-state index in [9.17, 15) is 10.1 Å². The Morgan fingerprint density at radius 3 is 2.82 bits per heavy atom. The Labute approximate surface area is 133 Å². The lowest BCUT2D eigenvalue weighted by molar-refractivity contribution is -0.121. The van der Waals surface area contributed by atoms with Gasteiger partial charge in [0.05, 0.1) is 11.3 Å². The third kappa shape index (κ3) is 3.36. The summed E-state index contributed by atoms with van der Waals surface area (Å²) < 4.78 is 1.56. The standard InChI is InChI=1S/C14H18N6OS/c1-9(2)14(4,8-15)18-11(21)10(3)22-13-17-12-16-6-5-7-20(12)19-13/h5-7,9-10H,1-4H3,(H,18,21). The highest BCUT2D eigenvalue weighted by molar-refractivity contribution is 8.00. The minimum Gasteiger partial charge on any atom is -0.337 e. The number of aromatic nitrogens is 4. The summed E-state index contributed by atoms with van der Waals surface area (Å²) in [6.45, 7) is 7.28. The number of nitrogens with zero attached hydrogens (tertiary/aromatic N) is 5. The summed E-state index contributed by atoms with van der Waals surface area (Å²) in [6, 6.07) is 3.92. The average Bonchev–Trinajstić information content (AvgIpc) is 2.88. The minimum absolute atomic E-state index is 0.0103. The number of thioether (sulfide) groups is 1. The summed E-state index contributed by atoms with van der Waals surface area (Å²) in [5.74, 6) is 0.285. The molecule has 1 amide bonds. The van der Waals surface area contributed by atoms with Gasteiger partial charge in [-0.3, -0.25) is 4.79 Å². The van der Waals surface area contributed by atoms with Crippen molar-refractivity contribution >= 4 is 23.4 Å². The number of nitriles is 1. The van der Waals surface area contributed by atoms with Crippen LogP contribution in [0.4, 0.5) is 0 Å². The van der Waals surface area contributed by atoms with Gasteiger partial charge in [0.1, 0.15) is 5.54 Å². The van der Waals surface area contributed by atoms with Crippen molar-refractivity contribution in [2.24, 2.45) is 5.92 Å². The van der Waals surface area contributed by atoms with Crippen molar-refractivity contribution in [2.45, 2.75) is 43.6 Å². The van der Waals surface area contributed by atoms with E-state index in [4.69, 9.17) is 0 Å². The van der Waals surface area contributed by atoms with Gasteiger partial charge in [0.2, 0.25) is 11.1 Å². The molecule has 8 heteroatoms. The molecule has 22 heavy (non-hydrogen) atoms. The zero-order valence-electron chi connectivity index (χ0n) is 12.9. The first-order chi connectivity index (χ1) is 10.4. The van der Waals surface area contributed by atoms with Crippen molar-refractivity contribution in [3.63, 3.8) is 0 Å². The molecule has 0 aliphatic heterocycles. The molecule has 2 aromatic heterocycles. The highest BCUT2D eigenvalue weighted by Crippen LogP contribution is 2.22. The van der Waals surface area contributed by atoms with Crippen molar-refractivity contribution in [3.8, 4) is 6.07 Å². The summed E-state index contributed by atoms with van der Waals surface area (Å²) in [7, 11) is 0. The van der Waals surface area contributed by atoms with Crippen molar-refractivity contribution in [1.82, 2.24) is 24.9 Å². The molecular weight excluding hydrogens is 300 g/mol. The maximum atomic E-state index is 12.3. The summed E-state index contributed by atoms with van der Waals surface area (Å²) in [6.07, 6.45) is 3.38. The van der Waals surface area contributed by atoms with Gasteiger partial charge in [0, 0.05) is 12.4 Å². The molecule has 1 N–H and O–H groups in total. The van der Waals surface area contributed by atoms with E-state index >= 15 is 0 Å². The van der Waals surface area contributed by atoms with Crippen LogP contribution in [0.25, 0.3) is 5.78 Å². The predicted octanol–water partition coefficient (Wildman–Crippen LogP) is 1.66. The van der Waals surface area contributed by atoms with E-state index in [-0.39, 0.29) is 11.8 Å². The fourth-order valence-electron chi connectivity index (χ4n) is 1.63. The van der Waals surface area contributed by atoms with Crippen molar-refractivity contribution < 1.29 is 4.79 Å². The first-order valence-electron chi connectivity index (χ1n) is 6.93. The van der Waals surface area contributed by atoms with Crippen LogP contribution in [0.3, 0.4) is 0 Å². The molecule has 2 atom stereocenters. The SMILES string of the molecule is CC(Sc1nc2ncccn2n1)C(=O)NC(C)(C#N)C(C)C. The number of amides is 1. The Morgan fingerprint density at radius 1 is 1.50 bits per heavy atom. The molecule has 2 rings (SSSR count). The number of carbonyl (C=O) groups is 1. The normalized spacial score (nSPS) is 15.3. The van der Waals surface area contributed by atoms with Gasteiger partial charge in [-0.1, -0.05) is 25.6 Å². The number of rotatable bonds is 5. The maximum absolute atomic E-state index is 12.3. The zero-order valence-corrected chi connectivity index (χ0v) is 13.8. The molecule has 2 unspecified atom stereocenters. The molecule has 2 aromatic rings. The lowest BCUT2D eigenvalue weighted by Crippen LogP contribution is -2.51. The number of hydrogen-bond acceptors (Lipinski definition) is 6. The summed E-state index contributed by atoms with van der Waals surface area (Å²) in [4.78, 5) is 20.6. The van der Waals surface area contributed by atoms with Crippen LogP contribution in [0.15, 0.2) is 23.6 Å². The Hall–Kier alpha value is -2.14. The number of fused-ring (bicyclic) bond motifs is 1. The van der Waals surface area contributed by atoms with Crippen LogP contribution in [0.5, 0.6) is 0 Å².